The first kappa shape index (κ1) is 12.0. The second-order valence-corrected chi connectivity index (χ2v) is 5.03. The average Bonchev–Trinajstić information content (AvgIpc) is 2.98. The van der Waals surface area contributed by atoms with E-state index >= 15 is 0 Å². The van der Waals surface area contributed by atoms with Crippen molar-refractivity contribution in [1.29, 1.82) is 0 Å². The van der Waals surface area contributed by atoms with Crippen LogP contribution in [0.4, 0.5) is 0 Å². The Balaban J connectivity index is 2.26. The fourth-order valence-electron chi connectivity index (χ4n) is 2.47. The van der Waals surface area contributed by atoms with Crippen LogP contribution in [0.3, 0.4) is 0 Å². The molecular weight excluding hydrogens is 216 g/mol. The minimum atomic E-state index is -0.663. The van der Waals surface area contributed by atoms with Crippen LogP contribution >= 0.6 is 0 Å². The molecule has 0 saturated heterocycles. The predicted molar refractivity (Wildman–Crippen MR) is 65.5 cm³/mol. The Hall–Kier alpha value is -1.51. The maximum atomic E-state index is 11.2. The number of rotatable bonds is 4. The van der Waals surface area contributed by atoms with E-state index < -0.39 is 11.4 Å². The average molecular weight is 234 g/mol. The number of carboxylic acid groups (broad SMARTS) is 1. The van der Waals surface area contributed by atoms with Gasteiger partial charge in [-0.25, -0.2) is 0 Å². The van der Waals surface area contributed by atoms with Gasteiger partial charge in [-0.2, -0.15) is 0 Å². The van der Waals surface area contributed by atoms with Crippen LogP contribution in [-0.2, 0) is 11.2 Å². The van der Waals surface area contributed by atoms with Gasteiger partial charge in [-0.05, 0) is 49.8 Å². The highest BCUT2D eigenvalue weighted by atomic mass is 16.5. The van der Waals surface area contributed by atoms with E-state index in [-0.39, 0.29) is 0 Å². The molecule has 1 aliphatic rings. The molecule has 1 aliphatic carbocycles. The molecule has 3 nitrogen and oxygen atoms in total. The van der Waals surface area contributed by atoms with Gasteiger partial charge in [0, 0.05) is 0 Å². The van der Waals surface area contributed by atoms with E-state index in [0.29, 0.717) is 6.42 Å². The molecule has 0 radical (unpaired) electrons. The van der Waals surface area contributed by atoms with Gasteiger partial charge in [0.2, 0.25) is 0 Å². The number of aliphatic carboxylic acids is 1. The van der Waals surface area contributed by atoms with Crippen LogP contribution in [0.15, 0.2) is 12.1 Å². The van der Waals surface area contributed by atoms with Crippen molar-refractivity contribution < 1.29 is 14.6 Å². The molecule has 0 unspecified atom stereocenters. The SMILES string of the molecule is COc1c(C)cc(CC2(C(=O)O)CC2)cc1C. The number of ether oxygens (including phenoxy) is 1. The van der Waals surface area contributed by atoms with E-state index in [0.717, 1.165) is 35.3 Å². The lowest BCUT2D eigenvalue weighted by molar-refractivity contribution is -0.143. The molecule has 0 aromatic heterocycles. The first-order chi connectivity index (χ1) is 7.98. The summed E-state index contributed by atoms with van der Waals surface area (Å²) in [6.07, 6.45) is 2.23. The number of carbonyl (C=O) groups is 1. The Bertz CT molecular complexity index is 436. The van der Waals surface area contributed by atoms with Crippen molar-refractivity contribution in [3.63, 3.8) is 0 Å². The van der Waals surface area contributed by atoms with E-state index in [2.05, 4.69) is 0 Å². The Kier molecular flexibility index (Phi) is 2.86. The quantitative estimate of drug-likeness (QED) is 0.871. The van der Waals surface area contributed by atoms with Crippen molar-refractivity contribution in [2.45, 2.75) is 33.1 Å². The molecular formula is C14H18O3. The van der Waals surface area contributed by atoms with Crippen LogP contribution in [-0.4, -0.2) is 18.2 Å². The highest BCUT2D eigenvalue weighted by Gasteiger charge is 2.49. The van der Waals surface area contributed by atoms with Gasteiger partial charge in [-0.3, -0.25) is 4.79 Å². The maximum Gasteiger partial charge on any atom is 0.309 e. The highest BCUT2D eigenvalue weighted by Crippen LogP contribution is 2.49. The molecule has 2 rings (SSSR count). The summed E-state index contributed by atoms with van der Waals surface area (Å²) in [5.41, 5.74) is 2.75. The molecule has 1 saturated carbocycles. The molecule has 92 valence electrons. The summed E-state index contributed by atoms with van der Waals surface area (Å²) in [6.45, 7) is 3.99. The van der Waals surface area contributed by atoms with Crippen LogP contribution < -0.4 is 4.74 Å². The molecule has 17 heavy (non-hydrogen) atoms. The number of hydrogen-bond acceptors (Lipinski definition) is 2. The molecule has 1 aromatic carbocycles. The number of hydrogen-bond donors (Lipinski definition) is 1. The fourth-order valence-corrected chi connectivity index (χ4v) is 2.47. The molecule has 0 amide bonds. The highest BCUT2D eigenvalue weighted by molar-refractivity contribution is 5.78. The number of aryl methyl sites for hydroxylation is 2. The van der Waals surface area contributed by atoms with E-state index in [1.807, 2.05) is 26.0 Å². The van der Waals surface area contributed by atoms with Gasteiger partial charge in [-0.1, -0.05) is 12.1 Å². The first-order valence-corrected chi connectivity index (χ1v) is 5.86. The van der Waals surface area contributed by atoms with Gasteiger partial charge < -0.3 is 9.84 Å². The lowest BCUT2D eigenvalue weighted by Crippen LogP contribution is -2.17. The zero-order chi connectivity index (χ0) is 12.6. The summed E-state index contributed by atoms with van der Waals surface area (Å²) in [5, 5.41) is 9.18. The first-order valence-electron chi connectivity index (χ1n) is 5.86. The van der Waals surface area contributed by atoms with Crippen LogP contribution in [0.25, 0.3) is 0 Å². The molecule has 0 atom stereocenters. The molecule has 1 aromatic rings. The zero-order valence-corrected chi connectivity index (χ0v) is 10.5. The standard InChI is InChI=1S/C14H18O3/c1-9-6-11(7-10(2)12(9)17-3)8-14(4-5-14)13(15)16/h6-7H,4-5,8H2,1-3H3,(H,15,16). The second kappa shape index (κ2) is 4.06. The van der Waals surface area contributed by atoms with Gasteiger partial charge in [0.15, 0.2) is 0 Å². The van der Waals surface area contributed by atoms with Gasteiger partial charge >= 0.3 is 5.97 Å². The summed E-state index contributed by atoms with van der Waals surface area (Å²) < 4.78 is 5.31. The van der Waals surface area contributed by atoms with E-state index in [9.17, 15) is 9.90 Å². The Morgan fingerprint density at radius 3 is 2.24 bits per heavy atom. The van der Waals surface area contributed by atoms with Gasteiger partial charge in [-0.15, -0.1) is 0 Å². The van der Waals surface area contributed by atoms with Gasteiger partial charge in [0.1, 0.15) is 5.75 Å². The van der Waals surface area contributed by atoms with Crippen molar-refractivity contribution in [1.82, 2.24) is 0 Å². The van der Waals surface area contributed by atoms with Gasteiger partial charge in [0.25, 0.3) is 0 Å². The number of benzene rings is 1. The topological polar surface area (TPSA) is 46.5 Å². The Morgan fingerprint density at radius 1 is 1.35 bits per heavy atom. The summed E-state index contributed by atoms with van der Waals surface area (Å²) in [5.74, 6) is 0.234. The van der Waals surface area contributed by atoms with Gasteiger partial charge in [0.05, 0.1) is 12.5 Å². The molecule has 0 aliphatic heterocycles. The monoisotopic (exact) mass is 234 g/mol. The van der Waals surface area contributed by atoms with Crippen molar-refractivity contribution in [2.75, 3.05) is 7.11 Å². The van der Waals surface area contributed by atoms with Crippen LogP contribution in [0.2, 0.25) is 0 Å². The minimum absolute atomic E-state index is 0.493. The fraction of sp³-hybridized carbons (Fsp3) is 0.500. The van der Waals surface area contributed by atoms with E-state index in [1.165, 1.54) is 0 Å². The molecule has 1 N–H and O–H groups in total. The molecule has 3 heteroatoms. The zero-order valence-electron chi connectivity index (χ0n) is 10.5. The lowest BCUT2D eigenvalue weighted by atomic mass is 9.94. The van der Waals surface area contributed by atoms with Crippen LogP contribution in [0, 0.1) is 19.3 Å². The Labute approximate surface area is 101 Å². The van der Waals surface area contributed by atoms with E-state index in [4.69, 9.17) is 4.74 Å². The Morgan fingerprint density at radius 2 is 1.88 bits per heavy atom. The number of methoxy groups -OCH3 is 1. The van der Waals surface area contributed by atoms with Crippen molar-refractivity contribution in [3.05, 3.63) is 28.8 Å². The van der Waals surface area contributed by atoms with Crippen molar-refractivity contribution in [3.8, 4) is 5.75 Å². The summed E-state index contributed by atoms with van der Waals surface area (Å²) in [6, 6.07) is 4.07. The van der Waals surface area contributed by atoms with Crippen LogP contribution in [0.5, 0.6) is 5.75 Å². The van der Waals surface area contributed by atoms with Crippen LogP contribution in [0.1, 0.15) is 29.5 Å². The molecule has 0 heterocycles. The number of carboxylic acids is 1. The molecule has 0 spiro atoms. The third-order valence-electron chi connectivity index (χ3n) is 3.57. The largest absolute Gasteiger partial charge is 0.496 e. The summed E-state index contributed by atoms with van der Waals surface area (Å²) in [4.78, 5) is 11.2. The third-order valence-corrected chi connectivity index (χ3v) is 3.57. The molecule has 1 fully saturated rings. The maximum absolute atomic E-state index is 11.2. The third kappa shape index (κ3) is 2.14. The van der Waals surface area contributed by atoms with Crippen molar-refractivity contribution >= 4 is 5.97 Å². The summed E-state index contributed by atoms with van der Waals surface area (Å²) in [7, 11) is 1.66. The lowest BCUT2D eigenvalue weighted by Gasteiger charge is -2.14. The predicted octanol–water partition coefficient (Wildman–Crippen LogP) is 2.72. The molecule has 0 bridgehead atoms. The smallest absolute Gasteiger partial charge is 0.309 e. The minimum Gasteiger partial charge on any atom is -0.496 e. The normalized spacial score (nSPS) is 16.6. The second-order valence-electron chi connectivity index (χ2n) is 5.03. The van der Waals surface area contributed by atoms with Crippen molar-refractivity contribution in [2.24, 2.45) is 5.41 Å². The van der Waals surface area contributed by atoms with E-state index in [1.54, 1.807) is 7.11 Å². The summed E-state index contributed by atoms with van der Waals surface area (Å²) >= 11 is 0.